The van der Waals surface area contributed by atoms with Crippen molar-refractivity contribution in [3.8, 4) is 0 Å². The monoisotopic (exact) mass is 378 g/mol. The van der Waals surface area contributed by atoms with E-state index in [-0.39, 0.29) is 17.6 Å². The number of hydrogen-bond donors (Lipinski definition) is 3. The van der Waals surface area contributed by atoms with Gasteiger partial charge in [-0.2, -0.15) is 5.10 Å². The molecule has 3 aromatic rings. The molecule has 0 radical (unpaired) electrons. The lowest BCUT2D eigenvalue weighted by Gasteiger charge is -2.32. The van der Waals surface area contributed by atoms with E-state index in [0.29, 0.717) is 17.1 Å². The lowest BCUT2D eigenvalue weighted by atomic mass is 9.82. The van der Waals surface area contributed by atoms with Gasteiger partial charge in [-0.1, -0.05) is 29.8 Å². The van der Waals surface area contributed by atoms with Gasteiger partial charge < -0.3 is 10.6 Å². The second kappa shape index (κ2) is 6.92. The average molecular weight is 378 g/mol. The van der Waals surface area contributed by atoms with Gasteiger partial charge in [-0.15, -0.1) is 0 Å². The van der Waals surface area contributed by atoms with E-state index in [4.69, 9.17) is 0 Å². The van der Waals surface area contributed by atoms with Gasteiger partial charge >= 0.3 is 0 Å². The van der Waals surface area contributed by atoms with E-state index < -0.39 is 12.0 Å². The van der Waals surface area contributed by atoms with Crippen molar-refractivity contribution in [2.45, 2.75) is 25.8 Å². The number of carbonyl (C=O) groups excluding carboxylic acids is 2. The molecule has 142 valence electrons. The quantitative estimate of drug-likeness (QED) is 0.655. The summed E-state index contributed by atoms with van der Waals surface area (Å²) >= 11 is 0. The molecule has 0 saturated heterocycles. The molecule has 0 saturated carbocycles. The molecule has 0 bridgehead atoms. The molecule has 0 unspecified atom stereocenters. The minimum absolute atomic E-state index is 0.347. The van der Waals surface area contributed by atoms with Gasteiger partial charge in [-0.3, -0.25) is 14.7 Å². The highest BCUT2D eigenvalue weighted by molar-refractivity contribution is 6.03. The Morgan fingerprint density at radius 1 is 1.14 bits per heavy atom. The predicted octanol–water partition coefficient (Wildman–Crippen LogP) is 3.05. The summed E-state index contributed by atoms with van der Waals surface area (Å²) < 4.78 is 13.4. The molecule has 2 atom stereocenters. The lowest BCUT2D eigenvalue weighted by molar-refractivity contribution is -0.118. The van der Waals surface area contributed by atoms with Crippen LogP contribution in [0.4, 0.5) is 10.2 Å². The molecule has 1 aliphatic rings. The molecular weight excluding hydrogens is 359 g/mol. The Bertz CT molecular complexity index is 1060. The number of benzene rings is 2. The number of aromatic amines is 1. The Hall–Kier alpha value is -3.48. The fourth-order valence-corrected chi connectivity index (χ4v) is 3.62. The van der Waals surface area contributed by atoms with Crippen LogP contribution in [0.3, 0.4) is 0 Å². The number of nitrogens with one attached hydrogen (secondary N) is 3. The number of hydrogen-bond acceptors (Lipinski definition) is 3. The molecule has 2 heterocycles. The van der Waals surface area contributed by atoms with Crippen LogP contribution in [-0.4, -0.2) is 28.1 Å². The van der Waals surface area contributed by atoms with Gasteiger partial charge in [0, 0.05) is 17.0 Å². The maximum atomic E-state index is 13.4. The minimum atomic E-state index is -0.859. The highest BCUT2D eigenvalue weighted by Crippen LogP contribution is 2.38. The van der Waals surface area contributed by atoms with Crippen molar-refractivity contribution in [2.75, 3.05) is 5.32 Å². The number of halogens is 1. The number of carbonyl (C=O) groups is 2. The molecule has 1 aromatic heterocycles. The minimum Gasteiger partial charge on any atom is -0.339 e. The van der Waals surface area contributed by atoms with Crippen molar-refractivity contribution in [1.29, 1.82) is 0 Å². The topological polar surface area (TPSA) is 86.9 Å². The highest BCUT2D eigenvalue weighted by Gasteiger charge is 2.40. The maximum Gasteiger partial charge on any atom is 0.251 e. The summed E-state index contributed by atoms with van der Waals surface area (Å²) in [6.45, 7) is 3.72. The molecule has 28 heavy (non-hydrogen) atoms. The molecule has 7 heteroatoms. The average Bonchev–Trinajstić information content (AvgIpc) is 3.03. The van der Waals surface area contributed by atoms with Crippen LogP contribution in [0.1, 0.15) is 38.7 Å². The lowest BCUT2D eigenvalue weighted by Crippen LogP contribution is -2.50. The number of amides is 2. The molecule has 0 spiro atoms. The first-order valence-electron chi connectivity index (χ1n) is 8.93. The molecule has 0 aliphatic carbocycles. The zero-order chi connectivity index (χ0) is 19.8. The number of fused-ring (bicyclic) bond motifs is 1. The summed E-state index contributed by atoms with van der Waals surface area (Å²) in [5.41, 5.74) is 3.63. The number of nitrogens with zero attached hydrogens (tertiary/aromatic N) is 1. The van der Waals surface area contributed by atoms with Gasteiger partial charge in [-0.25, -0.2) is 4.39 Å². The van der Waals surface area contributed by atoms with Gasteiger partial charge in [0.15, 0.2) is 0 Å². The third-order valence-electron chi connectivity index (χ3n) is 4.97. The first-order valence-corrected chi connectivity index (χ1v) is 8.93. The summed E-state index contributed by atoms with van der Waals surface area (Å²) in [6, 6.07) is 12.2. The van der Waals surface area contributed by atoms with Crippen molar-refractivity contribution in [3.05, 3.63) is 82.3 Å². The van der Waals surface area contributed by atoms with Crippen LogP contribution < -0.4 is 10.6 Å². The van der Waals surface area contributed by atoms with E-state index >= 15 is 0 Å². The number of anilines is 1. The van der Waals surface area contributed by atoms with E-state index in [1.165, 1.54) is 12.1 Å². The maximum absolute atomic E-state index is 13.4. The van der Waals surface area contributed by atoms with Crippen molar-refractivity contribution < 1.29 is 14.0 Å². The Labute approximate surface area is 161 Å². The summed E-state index contributed by atoms with van der Waals surface area (Å²) in [5.74, 6) is -1.06. The van der Waals surface area contributed by atoms with Gasteiger partial charge in [-0.05, 0) is 43.7 Å². The van der Waals surface area contributed by atoms with Gasteiger partial charge in [0.05, 0.1) is 5.69 Å². The third kappa shape index (κ3) is 3.15. The smallest absolute Gasteiger partial charge is 0.251 e. The molecule has 2 aromatic carbocycles. The second-order valence-electron chi connectivity index (χ2n) is 6.94. The molecule has 0 fully saturated rings. The van der Waals surface area contributed by atoms with E-state index in [1.807, 2.05) is 19.9 Å². The summed E-state index contributed by atoms with van der Waals surface area (Å²) in [5, 5.41) is 12.6. The predicted molar refractivity (Wildman–Crippen MR) is 103 cm³/mol. The van der Waals surface area contributed by atoms with E-state index in [9.17, 15) is 14.0 Å². The Balaban J connectivity index is 1.75. The third-order valence-corrected chi connectivity index (χ3v) is 4.97. The van der Waals surface area contributed by atoms with Crippen LogP contribution in [0, 0.1) is 19.7 Å². The summed E-state index contributed by atoms with van der Waals surface area (Å²) in [6.07, 6.45) is 0. The fraction of sp³-hybridized carbons (Fsp3) is 0.190. The molecule has 4 rings (SSSR count). The van der Waals surface area contributed by atoms with Crippen LogP contribution in [-0.2, 0) is 4.79 Å². The summed E-state index contributed by atoms with van der Waals surface area (Å²) in [4.78, 5) is 25.6. The first-order chi connectivity index (χ1) is 13.4. The Kier molecular flexibility index (Phi) is 4.43. The zero-order valence-electron chi connectivity index (χ0n) is 15.4. The van der Waals surface area contributed by atoms with Gasteiger partial charge in [0.1, 0.15) is 17.7 Å². The van der Waals surface area contributed by atoms with Crippen LogP contribution >= 0.6 is 0 Å². The normalized spacial score (nSPS) is 18.3. The van der Waals surface area contributed by atoms with Crippen molar-refractivity contribution in [1.82, 2.24) is 15.5 Å². The molecule has 1 aliphatic heterocycles. The number of rotatable bonds is 3. The van der Waals surface area contributed by atoms with Gasteiger partial charge in [0.2, 0.25) is 5.91 Å². The van der Waals surface area contributed by atoms with E-state index in [2.05, 4.69) is 20.8 Å². The highest BCUT2D eigenvalue weighted by atomic mass is 19.1. The van der Waals surface area contributed by atoms with E-state index in [0.717, 1.165) is 16.7 Å². The zero-order valence-corrected chi connectivity index (χ0v) is 15.4. The first kappa shape index (κ1) is 17.9. The SMILES string of the molecule is Cc1cccc(C(=O)N[C@H]2C(=O)Nc3[nH]nc(C)c3[C@@H]2c2ccc(F)cc2)c1. The molecule has 3 N–H and O–H groups in total. The number of H-pyrrole nitrogens is 1. The van der Waals surface area contributed by atoms with Crippen LogP contribution in [0.15, 0.2) is 48.5 Å². The summed E-state index contributed by atoms with van der Waals surface area (Å²) in [7, 11) is 0. The van der Waals surface area contributed by atoms with Crippen LogP contribution in [0.5, 0.6) is 0 Å². The number of aromatic nitrogens is 2. The van der Waals surface area contributed by atoms with Crippen molar-refractivity contribution in [2.24, 2.45) is 0 Å². The second-order valence-corrected chi connectivity index (χ2v) is 6.94. The van der Waals surface area contributed by atoms with Crippen molar-refractivity contribution in [3.63, 3.8) is 0 Å². The Morgan fingerprint density at radius 3 is 2.61 bits per heavy atom. The fourth-order valence-electron chi connectivity index (χ4n) is 3.62. The van der Waals surface area contributed by atoms with E-state index in [1.54, 1.807) is 30.3 Å². The largest absolute Gasteiger partial charge is 0.339 e. The van der Waals surface area contributed by atoms with Crippen LogP contribution in [0.2, 0.25) is 0 Å². The molecular formula is C21H19FN4O2. The van der Waals surface area contributed by atoms with Crippen LogP contribution in [0.25, 0.3) is 0 Å². The molecule has 6 nitrogen and oxygen atoms in total. The van der Waals surface area contributed by atoms with Gasteiger partial charge in [0.25, 0.3) is 5.91 Å². The number of aryl methyl sites for hydroxylation is 2. The standard InChI is InChI=1S/C21H19FN4O2/c1-11-4-3-5-14(10-11)20(27)23-18-17(13-6-8-15(22)9-7-13)16-12(2)25-26-19(16)24-21(18)28/h3-10,17-18H,1-2H3,(H,23,27)(H2,24,25,26,28)/t17-,18+/m0/s1. The van der Waals surface area contributed by atoms with Crippen molar-refractivity contribution >= 4 is 17.6 Å². The molecule has 2 amide bonds. The Morgan fingerprint density at radius 2 is 1.89 bits per heavy atom.